The Balaban J connectivity index is 1.74. The minimum Gasteiger partial charge on any atom is -0.481 e. The normalized spacial score (nSPS) is 14.4. The summed E-state index contributed by atoms with van der Waals surface area (Å²) in [5.74, 6) is -0.577. The van der Waals surface area contributed by atoms with E-state index >= 15 is 0 Å². The molecule has 1 amide bonds. The number of fused-ring (bicyclic) bond motifs is 1. The third-order valence-corrected chi connectivity index (χ3v) is 5.44. The van der Waals surface area contributed by atoms with Gasteiger partial charge in [-0.3, -0.25) is 14.4 Å². The Kier molecular flexibility index (Phi) is 5.14. The number of aromatic nitrogens is 3. The maximum absolute atomic E-state index is 12.2. The maximum Gasteiger partial charge on any atom is 0.313 e. The van der Waals surface area contributed by atoms with Crippen LogP contribution in [0.4, 0.5) is 0 Å². The minimum absolute atomic E-state index is 0.0249. The maximum atomic E-state index is 12.2. The number of amides is 1. The average molecular weight is 368 g/mol. The van der Waals surface area contributed by atoms with E-state index < -0.39 is 5.97 Å². The monoisotopic (exact) mass is 368 g/mol. The van der Waals surface area contributed by atoms with Gasteiger partial charge in [0.2, 0.25) is 10.9 Å². The molecule has 1 fully saturated rings. The minimum atomic E-state index is -0.904. The van der Waals surface area contributed by atoms with Crippen molar-refractivity contribution >= 4 is 39.9 Å². The molecule has 2 aromatic rings. The van der Waals surface area contributed by atoms with Crippen molar-refractivity contribution < 1.29 is 14.7 Å². The van der Waals surface area contributed by atoms with Crippen molar-refractivity contribution in [3.8, 4) is 0 Å². The molecule has 0 bridgehead atoms. The van der Waals surface area contributed by atoms with Crippen molar-refractivity contribution in [2.45, 2.75) is 25.0 Å². The molecule has 0 aliphatic carbocycles. The molecule has 0 radical (unpaired) electrons. The quantitative estimate of drug-likeness (QED) is 0.797. The first kappa shape index (κ1) is 16.9. The van der Waals surface area contributed by atoms with Crippen LogP contribution in [0.15, 0.2) is 10.9 Å². The van der Waals surface area contributed by atoms with E-state index in [2.05, 4.69) is 10.1 Å². The number of carboxylic acids is 1. The van der Waals surface area contributed by atoms with Gasteiger partial charge in [-0.15, -0.1) is 11.8 Å². The smallest absolute Gasteiger partial charge is 0.313 e. The Morgan fingerprint density at radius 3 is 2.79 bits per heavy atom. The zero-order chi connectivity index (χ0) is 17.1. The molecule has 0 unspecified atom stereocenters. The van der Waals surface area contributed by atoms with Gasteiger partial charge in [-0.25, -0.2) is 4.98 Å². The van der Waals surface area contributed by atoms with E-state index in [9.17, 15) is 14.4 Å². The highest BCUT2D eigenvalue weighted by Crippen LogP contribution is 2.16. The topological polar surface area (TPSA) is 105 Å². The summed E-state index contributed by atoms with van der Waals surface area (Å²) in [6, 6.07) is 1.35. The number of nitrogens with zero attached hydrogens (tertiary/aromatic N) is 4. The molecule has 0 saturated carbocycles. The van der Waals surface area contributed by atoms with E-state index in [1.165, 1.54) is 33.7 Å². The summed E-state index contributed by atoms with van der Waals surface area (Å²) in [5.41, 5.74) is 0.203. The molecule has 0 aromatic carbocycles. The standard InChI is InChI=1S/C14H16N4O4S2/c19-11(17-3-1-2-4-17)6-10-16-18-12(20)5-9(15-14(18)24-10)7-23-8-13(21)22/h5H,1-4,6-8H2,(H,21,22). The van der Waals surface area contributed by atoms with Crippen molar-refractivity contribution in [3.05, 3.63) is 27.1 Å². The summed E-state index contributed by atoms with van der Waals surface area (Å²) in [6.45, 7) is 1.57. The van der Waals surface area contributed by atoms with Crippen molar-refractivity contribution in [2.24, 2.45) is 0 Å². The van der Waals surface area contributed by atoms with Gasteiger partial charge >= 0.3 is 5.97 Å². The Labute approximate surface area is 145 Å². The van der Waals surface area contributed by atoms with Crippen LogP contribution >= 0.6 is 23.1 Å². The van der Waals surface area contributed by atoms with Gasteiger partial charge in [-0.1, -0.05) is 11.3 Å². The average Bonchev–Trinajstić information content (AvgIpc) is 3.16. The molecule has 10 heteroatoms. The lowest BCUT2D eigenvalue weighted by Crippen LogP contribution is -2.29. The zero-order valence-corrected chi connectivity index (χ0v) is 14.4. The lowest BCUT2D eigenvalue weighted by Gasteiger charge is -2.13. The third kappa shape index (κ3) is 3.93. The van der Waals surface area contributed by atoms with Gasteiger partial charge in [0.05, 0.1) is 17.9 Å². The fourth-order valence-corrected chi connectivity index (χ4v) is 4.03. The van der Waals surface area contributed by atoms with Crippen LogP contribution in [0.2, 0.25) is 0 Å². The number of rotatable bonds is 6. The number of hydrogen-bond donors (Lipinski definition) is 1. The van der Waals surface area contributed by atoms with E-state index in [0.717, 1.165) is 25.9 Å². The van der Waals surface area contributed by atoms with Crippen molar-refractivity contribution in [2.75, 3.05) is 18.8 Å². The number of likely N-dealkylation sites (tertiary alicyclic amines) is 1. The summed E-state index contributed by atoms with van der Waals surface area (Å²) >= 11 is 2.40. The number of hydrogen-bond acceptors (Lipinski definition) is 7. The van der Waals surface area contributed by atoms with Crippen LogP contribution in [0.25, 0.3) is 4.96 Å². The van der Waals surface area contributed by atoms with Gasteiger partial charge < -0.3 is 10.0 Å². The lowest BCUT2D eigenvalue weighted by molar-refractivity contribution is -0.134. The molecule has 3 heterocycles. The van der Waals surface area contributed by atoms with Gasteiger partial charge in [0.1, 0.15) is 5.01 Å². The van der Waals surface area contributed by atoms with E-state index in [1.807, 2.05) is 4.90 Å². The van der Waals surface area contributed by atoms with Gasteiger partial charge in [0.15, 0.2) is 0 Å². The van der Waals surface area contributed by atoms with E-state index in [4.69, 9.17) is 5.11 Å². The Morgan fingerprint density at radius 2 is 2.08 bits per heavy atom. The van der Waals surface area contributed by atoms with Crippen LogP contribution in [0, 0.1) is 0 Å². The number of carbonyl (C=O) groups excluding carboxylic acids is 1. The molecule has 1 saturated heterocycles. The predicted molar refractivity (Wildman–Crippen MR) is 90.4 cm³/mol. The molecule has 1 aliphatic heterocycles. The Hall–Kier alpha value is -1.94. The van der Waals surface area contributed by atoms with Crippen molar-refractivity contribution in [1.82, 2.24) is 19.5 Å². The van der Waals surface area contributed by atoms with Gasteiger partial charge in [0, 0.05) is 24.9 Å². The number of aliphatic carboxylic acids is 1. The molecule has 8 nitrogen and oxygen atoms in total. The second kappa shape index (κ2) is 7.31. The van der Waals surface area contributed by atoms with E-state index in [-0.39, 0.29) is 23.6 Å². The highest BCUT2D eigenvalue weighted by molar-refractivity contribution is 7.99. The highest BCUT2D eigenvalue weighted by Gasteiger charge is 2.20. The first-order valence-electron chi connectivity index (χ1n) is 7.49. The molecule has 3 rings (SSSR count). The molecule has 1 aliphatic rings. The molecule has 0 spiro atoms. The summed E-state index contributed by atoms with van der Waals surface area (Å²) in [7, 11) is 0. The number of carboxylic acid groups (broad SMARTS) is 1. The fraction of sp³-hybridized carbons (Fsp3) is 0.500. The highest BCUT2D eigenvalue weighted by atomic mass is 32.2. The second-order valence-corrected chi connectivity index (χ2v) is 7.45. The SMILES string of the molecule is O=C(O)CSCc1cc(=O)n2nc(CC(=O)N3CCCC3)sc2n1. The number of thioether (sulfide) groups is 1. The lowest BCUT2D eigenvalue weighted by atomic mass is 10.4. The van der Waals surface area contributed by atoms with Crippen molar-refractivity contribution in [1.29, 1.82) is 0 Å². The molecule has 1 N–H and O–H groups in total. The zero-order valence-electron chi connectivity index (χ0n) is 12.8. The predicted octanol–water partition coefficient (Wildman–Crippen LogP) is 0.634. The van der Waals surface area contributed by atoms with Gasteiger partial charge in [-0.2, -0.15) is 9.61 Å². The largest absolute Gasteiger partial charge is 0.481 e. The van der Waals surface area contributed by atoms with Gasteiger partial charge in [-0.05, 0) is 12.8 Å². The Morgan fingerprint density at radius 1 is 1.33 bits per heavy atom. The van der Waals surface area contributed by atoms with Crippen LogP contribution in [-0.2, 0) is 21.8 Å². The van der Waals surface area contributed by atoms with E-state index in [1.54, 1.807) is 0 Å². The van der Waals surface area contributed by atoms with Crippen LogP contribution < -0.4 is 5.56 Å². The van der Waals surface area contributed by atoms with Crippen LogP contribution in [0.5, 0.6) is 0 Å². The van der Waals surface area contributed by atoms with Crippen LogP contribution in [0.3, 0.4) is 0 Å². The molecular formula is C14H16N4O4S2. The molecule has 2 aromatic heterocycles. The number of carbonyl (C=O) groups is 2. The molecule has 128 valence electrons. The third-order valence-electron chi connectivity index (χ3n) is 3.58. The summed E-state index contributed by atoms with van der Waals surface area (Å²) in [4.78, 5) is 41.4. The van der Waals surface area contributed by atoms with Crippen LogP contribution in [0.1, 0.15) is 23.5 Å². The van der Waals surface area contributed by atoms with E-state index in [0.29, 0.717) is 21.4 Å². The fourth-order valence-electron chi connectivity index (χ4n) is 2.49. The summed E-state index contributed by atoms with van der Waals surface area (Å²) in [6.07, 6.45) is 2.24. The summed E-state index contributed by atoms with van der Waals surface area (Å²) in [5, 5.41) is 13.4. The molecule has 24 heavy (non-hydrogen) atoms. The molecular weight excluding hydrogens is 352 g/mol. The first-order chi connectivity index (χ1) is 11.5. The summed E-state index contributed by atoms with van der Waals surface area (Å²) < 4.78 is 1.20. The van der Waals surface area contributed by atoms with Crippen LogP contribution in [-0.4, -0.2) is 55.3 Å². The molecule has 0 atom stereocenters. The Bertz CT molecular complexity index is 826. The van der Waals surface area contributed by atoms with Gasteiger partial charge in [0.25, 0.3) is 5.56 Å². The second-order valence-electron chi connectivity index (χ2n) is 5.43. The first-order valence-corrected chi connectivity index (χ1v) is 9.46. The van der Waals surface area contributed by atoms with Crippen molar-refractivity contribution in [3.63, 3.8) is 0 Å².